The Bertz CT molecular complexity index is 817. The third-order valence-electron chi connectivity index (χ3n) is 3.07. The topological polar surface area (TPSA) is 90.5 Å². The van der Waals surface area contributed by atoms with Crippen LogP contribution in [-0.2, 0) is 9.53 Å². The average molecular weight is 321 g/mol. The first-order chi connectivity index (χ1) is 11.6. The maximum absolute atomic E-state index is 11.9. The number of phenolic OH excluding ortho intramolecular Hbond substituents is 2. The van der Waals surface area contributed by atoms with E-state index in [4.69, 9.17) is 10.00 Å². The predicted molar refractivity (Wildman–Crippen MR) is 89.8 cm³/mol. The highest BCUT2D eigenvalue weighted by molar-refractivity contribution is 5.98. The van der Waals surface area contributed by atoms with Gasteiger partial charge in [-0.05, 0) is 35.4 Å². The van der Waals surface area contributed by atoms with Crippen LogP contribution in [0, 0.1) is 11.3 Å². The van der Waals surface area contributed by atoms with Crippen molar-refractivity contribution in [1.29, 1.82) is 5.26 Å². The zero-order chi connectivity index (χ0) is 17.4. The number of aromatic hydroxyl groups is 2. The van der Waals surface area contributed by atoms with E-state index < -0.39 is 5.97 Å². The van der Waals surface area contributed by atoms with Crippen molar-refractivity contribution < 1.29 is 19.7 Å². The lowest BCUT2D eigenvalue weighted by Gasteiger charge is -2.02. The second-order valence-electron chi connectivity index (χ2n) is 4.83. The Morgan fingerprint density at radius 1 is 1.08 bits per heavy atom. The fraction of sp³-hybridized carbons (Fsp3) is 0.0526. The number of hydrogen-bond donors (Lipinski definition) is 2. The highest BCUT2D eigenvalue weighted by Gasteiger charge is 2.10. The zero-order valence-electron chi connectivity index (χ0n) is 12.7. The molecule has 24 heavy (non-hydrogen) atoms. The molecule has 2 aromatic carbocycles. The number of rotatable bonds is 5. The van der Waals surface area contributed by atoms with Gasteiger partial charge in [0.1, 0.15) is 18.2 Å². The lowest BCUT2D eigenvalue weighted by Crippen LogP contribution is -2.06. The molecule has 5 heteroatoms. The molecule has 0 amide bonds. The smallest absolute Gasteiger partial charge is 0.349 e. The Balaban J connectivity index is 1.98. The van der Waals surface area contributed by atoms with Crippen LogP contribution in [0.3, 0.4) is 0 Å². The van der Waals surface area contributed by atoms with Crippen molar-refractivity contribution in [3.05, 3.63) is 71.3 Å². The van der Waals surface area contributed by atoms with Crippen molar-refractivity contribution in [3.8, 4) is 17.6 Å². The maximum Gasteiger partial charge on any atom is 0.349 e. The number of phenols is 2. The number of benzene rings is 2. The number of nitriles is 1. The summed E-state index contributed by atoms with van der Waals surface area (Å²) in [5.41, 5.74) is 1.18. The molecule has 0 saturated heterocycles. The molecule has 0 aliphatic heterocycles. The Labute approximate surface area is 139 Å². The van der Waals surface area contributed by atoms with Gasteiger partial charge in [-0.1, -0.05) is 42.5 Å². The summed E-state index contributed by atoms with van der Waals surface area (Å²) in [5.74, 6) is -1.37. The van der Waals surface area contributed by atoms with Gasteiger partial charge in [0.15, 0.2) is 11.5 Å². The van der Waals surface area contributed by atoms with E-state index in [-0.39, 0.29) is 23.7 Å². The summed E-state index contributed by atoms with van der Waals surface area (Å²) in [7, 11) is 0. The number of carbonyl (C=O) groups is 1. The normalized spacial score (nSPS) is 11.2. The van der Waals surface area contributed by atoms with Crippen LogP contribution in [0.25, 0.3) is 12.2 Å². The van der Waals surface area contributed by atoms with Gasteiger partial charge in [-0.2, -0.15) is 5.26 Å². The van der Waals surface area contributed by atoms with Crippen LogP contribution in [0.15, 0.2) is 60.2 Å². The minimum absolute atomic E-state index is 0.0353. The van der Waals surface area contributed by atoms with Crippen LogP contribution in [0.5, 0.6) is 11.5 Å². The molecule has 0 radical (unpaired) electrons. The van der Waals surface area contributed by atoms with Gasteiger partial charge in [0.2, 0.25) is 0 Å². The summed E-state index contributed by atoms with van der Waals surface area (Å²) in [6.07, 6.45) is 4.76. The third-order valence-corrected chi connectivity index (χ3v) is 3.07. The Kier molecular flexibility index (Phi) is 5.76. The molecule has 0 atom stereocenters. The maximum atomic E-state index is 11.9. The van der Waals surface area contributed by atoms with E-state index in [2.05, 4.69) is 0 Å². The van der Waals surface area contributed by atoms with Gasteiger partial charge in [-0.3, -0.25) is 0 Å². The summed E-state index contributed by atoms with van der Waals surface area (Å²) in [4.78, 5) is 11.9. The molecule has 0 spiro atoms. The van der Waals surface area contributed by atoms with Crippen molar-refractivity contribution in [1.82, 2.24) is 0 Å². The van der Waals surface area contributed by atoms with E-state index in [1.54, 1.807) is 18.2 Å². The number of hydrogen-bond acceptors (Lipinski definition) is 5. The Hall–Kier alpha value is -3.52. The number of esters is 1. The average Bonchev–Trinajstić information content (AvgIpc) is 2.60. The SMILES string of the molecule is N#C/C(=C\c1ccc(O)c(O)c1)C(=O)OCC=Cc1ccccc1. The molecule has 5 nitrogen and oxygen atoms in total. The van der Waals surface area contributed by atoms with Crippen LogP contribution in [-0.4, -0.2) is 22.8 Å². The zero-order valence-corrected chi connectivity index (χ0v) is 12.7. The lowest BCUT2D eigenvalue weighted by atomic mass is 10.1. The Morgan fingerprint density at radius 3 is 2.50 bits per heavy atom. The lowest BCUT2D eigenvalue weighted by molar-refractivity contribution is -0.137. The highest BCUT2D eigenvalue weighted by Crippen LogP contribution is 2.25. The van der Waals surface area contributed by atoms with Gasteiger partial charge in [-0.25, -0.2) is 4.79 Å². The minimum atomic E-state index is -0.761. The van der Waals surface area contributed by atoms with E-state index in [9.17, 15) is 15.0 Å². The number of ether oxygens (including phenoxy) is 1. The summed E-state index contributed by atoms with van der Waals surface area (Å²) in [6.45, 7) is 0.0353. The first-order valence-electron chi connectivity index (χ1n) is 7.12. The van der Waals surface area contributed by atoms with E-state index in [1.165, 1.54) is 24.3 Å². The number of carbonyl (C=O) groups excluding carboxylic acids is 1. The minimum Gasteiger partial charge on any atom is -0.504 e. The molecule has 2 rings (SSSR count). The first-order valence-corrected chi connectivity index (χ1v) is 7.12. The van der Waals surface area contributed by atoms with E-state index in [0.717, 1.165) is 5.56 Å². The van der Waals surface area contributed by atoms with Crippen LogP contribution in [0.2, 0.25) is 0 Å². The van der Waals surface area contributed by atoms with E-state index in [0.29, 0.717) is 5.56 Å². The van der Waals surface area contributed by atoms with E-state index in [1.807, 2.05) is 30.3 Å². The summed E-state index contributed by atoms with van der Waals surface area (Å²) >= 11 is 0. The van der Waals surface area contributed by atoms with Crippen LogP contribution < -0.4 is 0 Å². The Morgan fingerprint density at radius 2 is 1.83 bits per heavy atom. The monoisotopic (exact) mass is 321 g/mol. The summed E-state index contributed by atoms with van der Waals surface area (Å²) in [5, 5.41) is 27.7. The van der Waals surface area contributed by atoms with Gasteiger partial charge in [0, 0.05) is 0 Å². The molecule has 0 heterocycles. The van der Waals surface area contributed by atoms with Crippen molar-refractivity contribution in [3.63, 3.8) is 0 Å². The van der Waals surface area contributed by atoms with Gasteiger partial charge >= 0.3 is 5.97 Å². The standard InChI is InChI=1S/C19H15NO4/c20-13-16(11-15-8-9-17(21)18(22)12-15)19(23)24-10-4-7-14-5-2-1-3-6-14/h1-9,11-12,21-22H,10H2/b7-4?,16-11+. The van der Waals surface area contributed by atoms with Crippen molar-refractivity contribution in [2.75, 3.05) is 6.61 Å². The fourth-order valence-electron chi connectivity index (χ4n) is 1.88. The van der Waals surface area contributed by atoms with Gasteiger partial charge < -0.3 is 14.9 Å². The summed E-state index contributed by atoms with van der Waals surface area (Å²) < 4.78 is 5.01. The van der Waals surface area contributed by atoms with Gasteiger partial charge in [-0.15, -0.1) is 0 Å². The molecule has 2 N–H and O–H groups in total. The second kappa shape index (κ2) is 8.20. The van der Waals surface area contributed by atoms with Crippen LogP contribution in [0.4, 0.5) is 0 Å². The molecule has 120 valence electrons. The van der Waals surface area contributed by atoms with Crippen molar-refractivity contribution in [2.24, 2.45) is 0 Å². The first kappa shape index (κ1) is 16.8. The molecular weight excluding hydrogens is 306 g/mol. The molecule has 0 saturated carbocycles. The third kappa shape index (κ3) is 4.75. The van der Waals surface area contributed by atoms with Crippen LogP contribution in [0.1, 0.15) is 11.1 Å². The fourth-order valence-corrected chi connectivity index (χ4v) is 1.88. The van der Waals surface area contributed by atoms with E-state index >= 15 is 0 Å². The second-order valence-corrected chi connectivity index (χ2v) is 4.83. The molecular formula is C19H15NO4. The summed E-state index contributed by atoms with van der Waals surface area (Å²) in [6, 6.07) is 15.3. The molecule has 0 fully saturated rings. The largest absolute Gasteiger partial charge is 0.504 e. The predicted octanol–water partition coefficient (Wildman–Crippen LogP) is 3.26. The van der Waals surface area contributed by atoms with Crippen molar-refractivity contribution in [2.45, 2.75) is 0 Å². The molecule has 0 aromatic heterocycles. The molecule has 0 aliphatic rings. The molecule has 0 aliphatic carbocycles. The van der Waals surface area contributed by atoms with Crippen molar-refractivity contribution >= 4 is 18.1 Å². The quantitative estimate of drug-likeness (QED) is 0.382. The van der Waals surface area contributed by atoms with Crippen LogP contribution >= 0.6 is 0 Å². The number of nitrogens with zero attached hydrogens (tertiary/aromatic N) is 1. The molecule has 2 aromatic rings. The highest BCUT2D eigenvalue weighted by atomic mass is 16.5. The molecule has 0 bridgehead atoms. The van der Waals surface area contributed by atoms with Gasteiger partial charge in [0.05, 0.1) is 0 Å². The molecule has 0 unspecified atom stereocenters. The van der Waals surface area contributed by atoms with Gasteiger partial charge in [0.25, 0.3) is 0 Å².